The third-order valence-electron chi connectivity index (χ3n) is 13.1. The Morgan fingerprint density at radius 3 is 1.84 bits per heavy atom. The Kier molecular flexibility index (Phi) is 7.79. The first-order chi connectivity index (χ1) is 30.7. The second-order valence-electron chi connectivity index (χ2n) is 16.4. The monoisotopic (exact) mass is 807 g/mol. The van der Waals surface area contributed by atoms with Gasteiger partial charge in [0.1, 0.15) is 11.2 Å². The van der Waals surface area contributed by atoms with Crippen molar-refractivity contribution in [2.24, 2.45) is 0 Å². The molecule has 0 N–H and O–H groups in total. The predicted molar refractivity (Wildman–Crippen MR) is 258 cm³/mol. The lowest BCUT2D eigenvalue weighted by Gasteiger charge is -2.40. The Balaban J connectivity index is 1.05. The molecule has 2 heterocycles. The van der Waals surface area contributed by atoms with Crippen molar-refractivity contribution in [1.29, 1.82) is 0 Å². The van der Waals surface area contributed by atoms with E-state index in [9.17, 15) is 0 Å². The van der Waals surface area contributed by atoms with Crippen LogP contribution in [0, 0.1) is 0 Å². The Bertz CT molecular complexity index is 3520. The SMILES string of the molecule is c1ccc(-c2ccccc2N(c2ccc(-c3ccc4oc5ccccc5c4c3)cc2)c2ccc3c(c2)C2(c4ccccc4Sc4ccccc42)c2ccc4ccccc4c2-3)cc1. The fraction of sp³-hybridized carbons (Fsp3) is 0.0169. The number of hydrogen-bond acceptors (Lipinski definition) is 3. The van der Waals surface area contributed by atoms with Crippen LogP contribution >= 0.6 is 11.8 Å². The number of benzene rings is 10. The molecular formula is C59H37NOS. The first kappa shape index (κ1) is 35.2. The molecule has 0 saturated heterocycles. The van der Waals surface area contributed by atoms with Crippen LogP contribution in [-0.2, 0) is 5.41 Å². The lowest BCUT2D eigenvalue weighted by Crippen LogP contribution is -2.32. The molecule has 0 unspecified atom stereocenters. The second kappa shape index (κ2) is 13.7. The van der Waals surface area contributed by atoms with Gasteiger partial charge in [0.25, 0.3) is 0 Å². The molecule has 1 aliphatic heterocycles. The number of rotatable bonds is 5. The highest BCUT2D eigenvalue weighted by Gasteiger charge is 2.51. The highest BCUT2D eigenvalue weighted by atomic mass is 32.2. The molecule has 0 fully saturated rings. The zero-order chi connectivity index (χ0) is 40.8. The molecular weight excluding hydrogens is 771 g/mol. The van der Waals surface area contributed by atoms with Crippen molar-refractivity contribution < 1.29 is 4.42 Å². The highest BCUT2D eigenvalue weighted by Crippen LogP contribution is 2.64. The van der Waals surface area contributed by atoms with Gasteiger partial charge in [-0.3, -0.25) is 0 Å². The average molecular weight is 808 g/mol. The molecule has 2 aliphatic rings. The van der Waals surface area contributed by atoms with Crippen LogP contribution in [0.1, 0.15) is 22.3 Å². The smallest absolute Gasteiger partial charge is 0.135 e. The Morgan fingerprint density at radius 2 is 1.02 bits per heavy atom. The summed E-state index contributed by atoms with van der Waals surface area (Å²) in [6, 6.07) is 82.5. The fourth-order valence-electron chi connectivity index (χ4n) is 10.5. The van der Waals surface area contributed by atoms with Crippen LogP contribution in [0.3, 0.4) is 0 Å². The molecule has 0 radical (unpaired) electrons. The molecule has 1 spiro atoms. The molecule has 62 heavy (non-hydrogen) atoms. The first-order valence-corrected chi connectivity index (χ1v) is 22.1. The van der Waals surface area contributed by atoms with E-state index < -0.39 is 5.41 Å². The minimum absolute atomic E-state index is 0.520. The molecule has 0 amide bonds. The molecule has 1 aromatic heterocycles. The molecule has 3 heteroatoms. The van der Waals surface area contributed by atoms with Crippen LogP contribution in [0.15, 0.2) is 239 Å². The maximum Gasteiger partial charge on any atom is 0.135 e. The Hall–Kier alpha value is -7.59. The third-order valence-corrected chi connectivity index (χ3v) is 14.3. The summed E-state index contributed by atoms with van der Waals surface area (Å²) in [6.45, 7) is 0. The largest absolute Gasteiger partial charge is 0.456 e. The predicted octanol–water partition coefficient (Wildman–Crippen LogP) is 16.4. The van der Waals surface area contributed by atoms with Crippen LogP contribution in [0.4, 0.5) is 17.1 Å². The molecule has 2 nitrogen and oxygen atoms in total. The minimum Gasteiger partial charge on any atom is -0.456 e. The Morgan fingerprint density at radius 1 is 0.371 bits per heavy atom. The van der Waals surface area contributed by atoms with E-state index in [2.05, 4.69) is 217 Å². The van der Waals surface area contributed by atoms with Crippen molar-refractivity contribution in [2.75, 3.05) is 4.90 Å². The van der Waals surface area contributed by atoms with Crippen LogP contribution in [0.2, 0.25) is 0 Å². The van der Waals surface area contributed by atoms with Gasteiger partial charge >= 0.3 is 0 Å². The van der Waals surface area contributed by atoms with Crippen molar-refractivity contribution in [1.82, 2.24) is 0 Å². The summed E-state index contributed by atoms with van der Waals surface area (Å²) in [5.41, 5.74) is 17.2. The van der Waals surface area contributed by atoms with E-state index in [1.165, 1.54) is 65.1 Å². The maximum atomic E-state index is 6.19. The van der Waals surface area contributed by atoms with E-state index in [4.69, 9.17) is 4.42 Å². The van der Waals surface area contributed by atoms with Gasteiger partial charge in [-0.2, -0.15) is 0 Å². The number of hydrogen-bond donors (Lipinski definition) is 0. The average Bonchev–Trinajstić information content (AvgIpc) is 3.86. The van der Waals surface area contributed by atoms with Crippen LogP contribution in [-0.4, -0.2) is 0 Å². The van der Waals surface area contributed by atoms with Gasteiger partial charge in [-0.25, -0.2) is 0 Å². The molecule has 1 aliphatic carbocycles. The number of anilines is 3. The number of furan rings is 1. The molecule has 290 valence electrons. The second-order valence-corrected chi connectivity index (χ2v) is 17.4. The Labute approximate surface area is 364 Å². The summed E-state index contributed by atoms with van der Waals surface area (Å²) in [5, 5.41) is 4.80. The zero-order valence-electron chi connectivity index (χ0n) is 33.6. The van der Waals surface area contributed by atoms with Gasteiger partial charge in [0.2, 0.25) is 0 Å². The van der Waals surface area contributed by atoms with Gasteiger partial charge in [-0.15, -0.1) is 0 Å². The number of fused-ring (bicyclic) bond motifs is 14. The van der Waals surface area contributed by atoms with E-state index in [0.29, 0.717) is 0 Å². The summed E-state index contributed by atoms with van der Waals surface area (Å²) in [4.78, 5) is 5.06. The van der Waals surface area contributed by atoms with E-state index in [0.717, 1.165) is 50.1 Å². The van der Waals surface area contributed by atoms with E-state index in [1.54, 1.807) is 0 Å². The van der Waals surface area contributed by atoms with Gasteiger partial charge in [0.05, 0.1) is 11.1 Å². The van der Waals surface area contributed by atoms with Crippen LogP contribution < -0.4 is 4.90 Å². The van der Waals surface area contributed by atoms with Gasteiger partial charge < -0.3 is 9.32 Å². The lowest BCUT2D eigenvalue weighted by atomic mass is 9.67. The van der Waals surface area contributed by atoms with Gasteiger partial charge in [0, 0.05) is 37.5 Å². The van der Waals surface area contributed by atoms with E-state index >= 15 is 0 Å². The van der Waals surface area contributed by atoms with Crippen molar-refractivity contribution >= 4 is 61.5 Å². The van der Waals surface area contributed by atoms with Crippen LogP contribution in [0.25, 0.3) is 66.1 Å². The summed E-state index contributed by atoms with van der Waals surface area (Å²) >= 11 is 1.89. The maximum absolute atomic E-state index is 6.19. The fourth-order valence-corrected chi connectivity index (χ4v) is 11.7. The molecule has 0 atom stereocenters. The van der Waals surface area contributed by atoms with Gasteiger partial charge in [-0.1, -0.05) is 176 Å². The number of nitrogens with zero attached hydrogens (tertiary/aromatic N) is 1. The van der Waals surface area contributed by atoms with Gasteiger partial charge in [-0.05, 0) is 122 Å². The quantitative estimate of drug-likeness (QED) is 0.172. The van der Waals surface area contributed by atoms with Crippen molar-refractivity contribution in [3.8, 4) is 33.4 Å². The first-order valence-electron chi connectivity index (χ1n) is 21.2. The van der Waals surface area contributed by atoms with Crippen molar-refractivity contribution in [3.05, 3.63) is 247 Å². The topological polar surface area (TPSA) is 16.4 Å². The highest BCUT2D eigenvalue weighted by molar-refractivity contribution is 7.99. The number of para-hydroxylation sites is 2. The summed E-state index contributed by atoms with van der Waals surface area (Å²) < 4.78 is 6.19. The van der Waals surface area contributed by atoms with E-state index in [1.807, 2.05) is 23.9 Å². The lowest BCUT2D eigenvalue weighted by molar-refractivity contribution is 0.669. The molecule has 0 saturated carbocycles. The summed E-state index contributed by atoms with van der Waals surface area (Å²) in [6.07, 6.45) is 0. The standard InChI is InChI=1S/C59H37NOS/c1-2-14-39(15-3-1)44-17-6-10-22-53(44)60(42-30-26-38(27-31-42)41-29-35-55-48(36-41)46-19-7-11-23-54(46)61-55)43-32-33-47-52(37-43)59(51-34-28-40-16-4-5-18-45(40)58(47)51)49-20-8-12-24-56(49)62-57-25-13-9-21-50(57)59/h1-37H. The third kappa shape index (κ3) is 5.12. The molecule has 13 rings (SSSR count). The normalized spacial score (nSPS) is 13.2. The van der Waals surface area contributed by atoms with Crippen molar-refractivity contribution in [3.63, 3.8) is 0 Å². The van der Waals surface area contributed by atoms with Gasteiger partial charge in [0.15, 0.2) is 0 Å². The molecule has 0 bridgehead atoms. The summed E-state index contributed by atoms with van der Waals surface area (Å²) in [7, 11) is 0. The minimum atomic E-state index is -0.520. The molecule has 11 aromatic rings. The zero-order valence-corrected chi connectivity index (χ0v) is 34.4. The van der Waals surface area contributed by atoms with E-state index in [-0.39, 0.29) is 0 Å². The summed E-state index contributed by atoms with van der Waals surface area (Å²) in [5.74, 6) is 0. The molecule has 10 aromatic carbocycles. The van der Waals surface area contributed by atoms with Crippen LogP contribution in [0.5, 0.6) is 0 Å². The van der Waals surface area contributed by atoms with Crippen molar-refractivity contribution in [2.45, 2.75) is 15.2 Å².